The van der Waals surface area contributed by atoms with Crippen molar-refractivity contribution in [1.82, 2.24) is 0 Å². The van der Waals surface area contributed by atoms with Gasteiger partial charge in [0.15, 0.2) is 0 Å². The number of hydrogen-bond acceptors (Lipinski definition) is 0. The van der Waals surface area contributed by atoms with Gasteiger partial charge in [0.05, 0.1) is 9.60 Å². The van der Waals surface area contributed by atoms with Crippen LogP contribution in [0.2, 0.25) is 0 Å². The molecule has 0 saturated heterocycles. The third kappa shape index (κ3) is 4.69. The largest absolute Gasteiger partial charge is 0.0636 e. The number of rotatable bonds is 4. The fourth-order valence-electron chi connectivity index (χ4n) is 7.42. The third-order valence-electron chi connectivity index (χ3n) is 9.85. The van der Waals surface area contributed by atoms with Crippen molar-refractivity contribution in [3.8, 4) is 44.5 Å². The van der Waals surface area contributed by atoms with Crippen LogP contribution in [0.5, 0.6) is 0 Å². The number of hydrogen-bond donors (Lipinski definition) is 0. The van der Waals surface area contributed by atoms with E-state index >= 15 is 0 Å². The van der Waals surface area contributed by atoms with Crippen LogP contribution in [-0.2, 0) is 0 Å². The Kier molecular flexibility index (Phi) is 5.14. The van der Waals surface area contributed by atoms with Gasteiger partial charge in [-0.3, -0.25) is 0 Å². The van der Waals surface area contributed by atoms with Crippen LogP contribution in [0.4, 0.5) is 0 Å². The standard InChI is InChI=1S/C50H32/c1-3-13-38-30-40(26-20-33(38)10-1)41-28-29-47-48(32-41)50(42-27-21-34-11-2-4-14-39(34)31-42)46-18-8-7-17-45(46)49(47)37-24-22-36(23-25-37)44-19-9-15-35-12-5-6-16-43(35)44/h1-32H/i7D,8D,17D,18D,28D,29D,32D. The van der Waals surface area contributed by atoms with Gasteiger partial charge in [-0.2, -0.15) is 0 Å². The predicted molar refractivity (Wildman–Crippen MR) is 216 cm³/mol. The number of benzene rings is 10. The normalized spacial score (nSPS) is 13.6. The summed E-state index contributed by atoms with van der Waals surface area (Å²) in [6.45, 7) is 0. The second-order valence-corrected chi connectivity index (χ2v) is 12.7. The maximum Gasteiger partial charge on any atom is 0.0636 e. The summed E-state index contributed by atoms with van der Waals surface area (Å²) >= 11 is 0. The first-order chi connectivity index (χ1) is 27.7. The van der Waals surface area contributed by atoms with Crippen LogP contribution in [0, 0.1) is 0 Å². The molecule has 0 spiro atoms. The molecule has 0 atom stereocenters. The Morgan fingerprint density at radius 1 is 0.300 bits per heavy atom. The minimum atomic E-state index is -0.388. The first-order valence-electron chi connectivity index (χ1n) is 20.3. The minimum Gasteiger partial charge on any atom is -0.0616 e. The van der Waals surface area contributed by atoms with Gasteiger partial charge >= 0.3 is 0 Å². The molecule has 0 saturated carbocycles. The quantitative estimate of drug-likeness (QED) is 0.168. The Hall–Kier alpha value is -6.50. The molecule has 50 heavy (non-hydrogen) atoms. The highest BCUT2D eigenvalue weighted by Gasteiger charge is 2.18. The summed E-state index contributed by atoms with van der Waals surface area (Å²) in [6.07, 6.45) is 0. The highest BCUT2D eigenvalue weighted by atomic mass is 14.2. The van der Waals surface area contributed by atoms with Crippen molar-refractivity contribution < 1.29 is 9.60 Å². The summed E-state index contributed by atoms with van der Waals surface area (Å²) in [5, 5.41) is 7.27. The molecule has 0 aliphatic heterocycles. The molecular formula is C50H32. The zero-order valence-electron chi connectivity index (χ0n) is 33.9. The third-order valence-corrected chi connectivity index (χ3v) is 9.85. The topological polar surface area (TPSA) is 0 Å². The first-order valence-corrected chi connectivity index (χ1v) is 16.8. The van der Waals surface area contributed by atoms with E-state index in [2.05, 4.69) is 24.3 Å². The van der Waals surface area contributed by atoms with Crippen LogP contribution in [0.25, 0.3) is 98.4 Å². The van der Waals surface area contributed by atoms with Gasteiger partial charge in [-0.15, -0.1) is 0 Å². The van der Waals surface area contributed by atoms with Crippen molar-refractivity contribution in [1.29, 1.82) is 0 Å². The molecule has 232 valence electrons. The molecule has 0 heterocycles. The summed E-state index contributed by atoms with van der Waals surface area (Å²) in [5.74, 6) is 0. The van der Waals surface area contributed by atoms with Gasteiger partial charge in [0, 0.05) is 0 Å². The van der Waals surface area contributed by atoms with Crippen molar-refractivity contribution >= 4 is 53.9 Å². The molecule has 0 aliphatic rings. The molecule has 0 aliphatic carbocycles. The van der Waals surface area contributed by atoms with E-state index in [-0.39, 0.29) is 58.6 Å². The van der Waals surface area contributed by atoms with Crippen LogP contribution in [-0.4, -0.2) is 0 Å². The van der Waals surface area contributed by atoms with Crippen molar-refractivity contribution in [3.63, 3.8) is 0 Å². The lowest BCUT2D eigenvalue weighted by atomic mass is 9.84. The van der Waals surface area contributed by atoms with Gasteiger partial charge in [-0.25, -0.2) is 0 Å². The van der Waals surface area contributed by atoms with Crippen molar-refractivity contribution in [2.75, 3.05) is 0 Å². The van der Waals surface area contributed by atoms with Crippen molar-refractivity contribution in [2.45, 2.75) is 0 Å². The van der Waals surface area contributed by atoms with E-state index in [1.54, 1.807) is 0 Å². The fraction of sp³-hybridized carbons (Fsp3) is 0. The second kappa shape index (κ2) is 11.6. The maximum absolute atomic E-state index is 10.1. The molecule has 0 nitrogen and oxygen atoms in total. The van der Waals surface area contributed by atoms with Crippen LogP contribution < -0.4 is 0 Å². The zero-order valence-corrected chi connectivity index (χ0v) is 26.9. The fourth-order valence-corrected chi connectivity index (χ4v) is 7.42. The Bertz CT molecular complexity index is 3310. The molecule has 0 radical (unpaired) electrons. The molecular weight excluding hydrogens is 601 g/mol. The van der Waals surface area contributed by atoms with Gasteiger partial charge in [0.25, 0.3) is 0 Å². The van der Waals surface area contributed by atoms with Gasteiger partial charge in [0.1, 0.15) is 0 Å². The SMILES string of the molecule is [2H]c1c([2H])c([2H])c2c(-c3ccc4ccccc4c3)c3c([2H])c(-c4ccc5ccccc5c4)c([2H])c([2H])c3c(-c3ccc(-c4cccc5ccccc45)cc3)c2c1[2H]. The van der Waals surface area contributed by atoms with E-state index in [4.69, 9.17) is 2.74 Å². The van der Waals surface area contributed by atoms with Crippen LogP contribution in [0.15, 0.2) is 194 Å². The lowest BCUT2D eigenvalue weighted by molar-refractivity contribution is 1.63. The zero-order chi connectivity index (χ0) is 39.1. The highest BCUT2D eigenvalue weighted by Crippen LogP contribution is 2.46. The van der Waals surface area contributed by atoms with Gasteiger partial charge < -0.3 is 0 Å². The molecule has 0 N–H and O–H groups in total. The monoisotopic (exact) mass is 639 g/mol. The smallest absolute Gasteiger partial charge is 0.0616 e. The number of fused-ring (bicyclic) bond motifs is 5. The van der Waals surface area contributed by atoms with Crippen LogP contribution in [0.3, 0.4) is 0 Å². The van der Waals surface area contributed by atoms with E-state index < -0.39 is 0 Å². The van der Waals surface area contributed by atoms with Gasteiger partial charge in [-0.1, -0.05) is 176 Å². The predicted octanol–water partition coefficient (Wildman–Crippen LogP) is 14.1. The summed E-state index contributed by atoms with van der Waals surface area (Å²) in [6, 6.07) is 48.2. The first kappa shape index (κ1) is 22.2. The van der Waals surface area contributed by atoms with Gasteiger partial charge in [-0.05, 0) is 117 Å². The van der Waals surface area contributed by atoms with E-state index in [9.17, 15) is 6.85 Å². The van der Waals surface area contributed by atoms with E-state index in [0.717, 1.165) is 43.4 Å². The molecule has 0 aromatic heterocycles. The molecule has 0 bridgehead atoms. The molecule has 0 heteroatoms. The Morgan fingerprint density at radius 2 is 0.820 bits per heavy atom. The minimum absolute atomic E-state index is 0.0207. The maximum atomic E-state index is 10.1. The summed E-state index contributed by atoms with van der Waals surface area (Å²) in [5.41, 5.74) is 5.04. The molecule has 0 amide bonds. The van der Waals surface area contributed by atoms with Gasteiger partial charge in [0.2, 0.25) is 0 Å². The Balaban J connectivity index is 1.37. The lowest BCUT2D eigenvalue weighted by Crippen LogP contribution is -1.92. The summed E-state index contributed by atoms with van der Waals surface area (Å²) in [7, 11) is 0. The van der Waals surface area contributed by atoms with E-state index in [1.807, 2.05) is 127 Å². The molecule has 0 unspecified atom stereocenters. The Morgan fingerprint density at radius 3 is 1.54 bits per heavy atom. The average Bonchev–Trinajstić information content (AvgIpc) is 3.25. The van der Waals surface area contributed by atoms with Crippen molar-refractivity contribution in [2.24, 2.45) is 0 Å². The van der Waals surface area contributed by atoms with Crippen molar-refractivity contribution in [3.05, 3.63) is 194 Å². The highest BCUT2D eigenvalue weighted by molar-refractivity contribution is 6.22. The van der Waals surface area contributed by atoms with Crippen LogP contribution in [0.1, 0.15) is 9.60 Å². The summed E-state index contributed by atoms with van der Waals surface area (Å²) in [4.78, 5) is 0. The molecule has 10 aromatic rings. The average molecular weight is 640 g/mol. The molecule has 10 rings (SSSR count). The van der Waals surface area contributed by atoms with E-state index in [1.165, 1.54) is 0 Å². The van der Waals surface area contributed by atoms with Crippen LogP contribution >= 0.6 is 0 Å². The second-order valence-electron chi connectivity index (χ2n) is 12.7. The summed E-state index contributed by atoms with van der Waals surface area (Å²) < 4.78 is 66.1. The van der Waals surface area contributed by atoms with E-state index in [0.29, 0.717) is 38.6 Å². The molecule has 10 aromatic carbocycles. The molecule has 0 fully saturated rings. The lowest BCUT2D eigenvalue weighted by Gasteiger charge is -2.19. The Labute approximate surface area is 301 Å².